The van der Waals surface area contributed by atoms with Gasteiger partial charge in [0.25, 0.3) is 0 Å². The highest BCUT2D eigenvalue weighted by Crippen LogP contribution is 2.26. The highest BCUT2D eigenvalue weighted by molar-refractivity contribution is 5.57. The lowest BCUT2D eigenvalue weighted by molar-refractivity contribution is 0.453. The Morgan fingerprint density at radius 2 is 2.17 bits per heavy atom. The zero-order valence-electron chi connectivity index (χ0n) is 10.2. The number of nitrogens with two attached hydrogens (primary N) is 1. The van der Waals surface area contributed by atoms with Crippen LogP contribution in [0.25, 0.3) is 6.08 Å². The number of nitrogens with zero attached hydrogens (tertiary/aromatic N) is 2. The van der Waals surface area contributed by atoms with Crippen molar-refractivity contribution in [3.8, 4) is 11.6 Å². The second-order valence-corrected chi connectivity index (χ2v) is 3.70. The van der Waals surface area contributed by atoms with E-state index in [1.54, 1.807) is 6.20 Å². The molecule has 4 heteroatoms. The fraction of sp³-hybridized carbons (Fsp3) is 0.143. The summed E-state index contributed by atoms with van der Waals surface area (Å²) in [6.07, 6.45) is 7.07. The summed E-state index contributed by atoms with van der Waals surface area (Å²) >= 11 is 0. The Morgan fingerprint density at radius 1 is 1.33 bits per heavy atom. The first-order valence-electron chi connectivity index (χ1n) is 5.73. The zero-order chi connectivity index (χ0) is 12.8. The molecule has 0 saturated heterocycles. The van der Waals surface area contributed by atoms with E-state index in [9.17, 15) is 0 Å². The molecule has 0 aliphatic heterocycles. The van der Waals surface area contributed by atoms with E-state index >= 15 is 0 Å². The van der Waals surface area contributed by atoms with Crippen LogP contribution in [0.2, 0.25) is 0 Å². The number of aromatic nitrogens is 2. The molecule has 2 N–H and O–H groups in total. The Morgan fingerprint density at radius 3 is 2.94 bits per heavy atom. The highest BCUT2D eigenvalue weighted by Gasteiger charge is 2.07. The lowest BCUT2D eigenvalue weighted by Crippen LogP contribution is -2.02. The van der Waals surface area contributed by atoms with Gasteiger partial charge in [0.15, 0.2) is 0 Å². The van der Waals surface area contributed by atoms with Crippen molar-refractivity contribution in [2.24, 2.45) is 5.73 Å². The quantitative estimate of drug-likeness (QED) is 0.894. The minimum Gasteiger partial charge on any atom is -0.438 e. The molecule has 0 aliphatic carbocycles. The van der Waals surface area contributed by atoms with E-state index in [1.807, 2.05) is 43.3 Å². The Labute approximate surface area is 106 Å². The minimum absolute atomic E-state index is 0.349. The summed E-state index contributed by atoms with van der Waals surface area (Å²) in [5, 5.41) is 0. The van der Waals surface area contributed by atoms with Gasteiger partial charge in [-0.3, -0.25) is 0 Å². The maximum Gasteiger partial charge on any atom is 0.226 e. The molecular weight excluding hydrogens is 226 g/mol. The van der Waals surface area contributed by atoms with Crippen LogP contribution >= 0.6 is 0 Å². The number of para-hydroxylation sites is 1. The van der Waals surface area contributed by atoms with Crippen LogP contribution in [0.15, 0.2) is 42.9 Å². The fourth-order valence-corrected chi connectivity index (χ4v) is 1.57. The summed E-state index contributed by atoms with van der Waals surface area (Å²) in [6.45, 7) is 2.31. The minimum atomic E-state index is 0.349. The molecular formula is C14H15N3O. The second kappa shape index (κ2) is 5.93. The van der Waals surface area contributed by atoms with Crippen molar-refractivity contribution in [1.82, 2.24) is 9.97 Å². The predicted octanol–water partition coefficient (Wildman–Crippen LogP) is 2.76. The Bertz CT molecular complexity index is 552. The highest BCUT2D eigenvalue weighted by atomic mass is 16.5. The van der Waals surface area contributed by atoms with Gasteiger partial charge in [-0.2, -0.15) is 0 Å². The zero-order valence-corrected chi connectivity index (χ0v) is 10.2. The molecule has 2 rings (SSSR count). The van der Waals surface area contributed by atoms with Crippen LogP contribution in [-0.2, 0) is 6.54 Å². The number of hydrogen-bond donors (Lipinski definition) is 1. The standard InChI is InChI=1S/C14H15N3O/c1-2-5-11-6-3-4-7-13(11)18-14-12(8-15)9-16-10-17-14/h2-7,9-10H,8,15H2,1H3/b5-2+. The van der Waals surface area contributed by atoms with Crippen molar-refractivity contribution in [2.75, 3.05) is 0 Å². The van der Waals surface area contributed by atoms with E-state index < -0.39 is 0 Å². The van der Waals surface area contributed by atoms with Crippen molar-refractivity contribution >= 4 is 6.08 Å². The third-order valence-corrected chi connectivity index (χ3v) is 2.44. The molecule has 0 bridgehead atoms. The van der Waals surface area contributed by atoms with Gasteiger partial charge in [0.05, 0.1) is 0 Å². The van der Waals surface area contributed by atoms with Gasteiger partial charge in [0, 0.05) is 23.9 Å². The Kier molecular flexibility index (Phi) is 4.04. The molecule has 0 spiro atoms. The first-order valence-corrected chi connectivity index (χ1v) is 5.73. The largest absolute Gasteiger partial charge is 0.438 e. The lowest BCUT2D eigenvalue weighted by Gasteiger charge is -2.10. The molecule has 1 aromatic heterocycles. The molecule has 0 saturated carbocycles. The van der Waals surface area contributed by atoms with Crippen molar-refractivity contribution < 1.29 is 4.74 Å². The summed E-state index contributed by atoms with van der Waals surface area (Å²) in [6, 6.07) is 7.77. The average molecular weight is 241 g/mol. The summed E-state index contributed by atoms with van der Waals surface area (Å²) in [4.78, 5) is 8.04. The van der Waals surface area contributed by atoms with Gasteiger partial charge in [-0.15, -0.1) is 0 Å². The van der Waals surface area contributed by atoms with Gasteiger partial charge in [-0.1, -0.05) is 30.4 Å². The van der Waals surface area contributed by atoms with Crippen molar-refractivity contribution in [2.45, 2.75) is 13.5 Å². The van der Waals surface area contributed by atoms with Crippen molar-refractivity contribution in [3.05, 3.63) is 54.0 Å². The van der Waals surface area contributed by atoms with E-state index in [2.05, 4.69) is 9.97 Å². The molecule has 0 amide bonds. The van der Waals surface area contributed by atoms with Crippen LogP contribution < -0.4 is 10.5 Å². The van der Waals surface area contributed by atoms with E-state index in [1.165, 1.54) is 6.33 Å². The molecule has 0 atom stereocenters. The first-order chi connectivity index (χ1) is 8.85. The molecule has 1 aromatic carbocycles. The molecule has 2 aromatic rings. The van der Waals surface area contributed by atoms with Gasteiger partial charge in [-0.05, 0) is 13.0 Å². The third-order valence-electron chi connectivity index (χ3n) is 2.44. The Hall–Kier alpha value is -2.20. The predicted molar refractivity (Wildman–Crippen MR) is 71.1 cm³/mol. The second-order valence-electron chi connectivity index (χ2n) is 3.70. The summed E-state index contributed by atoms with van der Waals surface area (Å²) in [5.41, 5.74) is 7.41. The number of ether oxygens (including phenoxy) is 1. The third kappa shape index (κ3) is 2.73. The molecule has 18 heavy (non-hydrogen) atoms. The fourth-order valence-electron chi connectivity index (χ4n) is 1.57. The molecule has 4 nitrogen and oxygen atoms in total. The van der Waals surface area contributed by atoms with Crippen LogP contribution in [0.5, 0.6) is 11.6 Å². The SMILES string of the molecule is C/C=C/c1ccccc1Oc1ncncc1CN. The lowest BCUT2D eigenvalue weighted by atomic mass is 10.2. The van der Waals surface area contributed by atoms with Gasteiger partial charge >= 0.3 is 0 Å². The number of rotatable bonds is 4. The molecule has 0 radical (unpaired) electrons. The summed E-state index contributed by atoms with van der Waals surface area (Å²) < 4.78 is 5.80. The van der Waals surface area contributed by atoms with Crippen molar-refractivity contribution in [1.29, 1.82) is 0 Å². The molecule has 0 unspecified atom stereocenters. The summed E-state index contributed by atoms with van der Waals surface area (Å²) in [5.74, 6) is 1.26. The monoisotopic (exact) mass is 241 g/mol. The number of allylic oxidation sites excluding steroid dienone is 1. The summed E-state index contributed by atoms with van der Waals surface area (Å²) in [7, 11) is 0. The maximum absolute atomic E-state index is 5.80. The van der Waals surface area contributed by atoms with Crippen LogP contribution in [0.1, 0.15) is 18.1 Å². The van der Waals surface area contributed by atoms with Gasteiger partial charge in [0.1, 0.15) is 12.1 Å². The van der Waals surface area contributed by atoms with Crippen LogP contribution in [0, 0.1) is 0 Å². The van der Waals surface area contributed by atoms with Crippen LogP contribution in [0.3, 0.4) is 0 Å². The van der Waals surface area contributed by atoms with E-state index in [0.717, 1.165) is 16.9 Å². The van der Waals surface area contributed by atoms with E-state index in [-0.39, 0.29) is 0 Å². The van der Waals surface area contributed by atoms with Gasteiger partial charge in [-0.25, -0.2) is 9.97 Å². The maximum atomic E-state index is 5.80. The van der Waals surface area contributed by atoms with Crippen LogP contribution in [0.4, 0.5) is 0 Å². The molecule has 92 valence electrons. The number of hydrogen-bond acceptors (Lipinski definition) is 4. The van der Waals surface area contributed by atoms with E-state index in [0.29, 0.717) is 12.4 Å². The normalized spacial score (nSPS) is 10.8. The topological polar surface area (TPSA) is 61.0 Å². The number of benzene rings is 1. The average Bonchev–Trinajstić information content (AvgIpc) is 2.42. The molecule has 0 aliphatic rings. The van der Waals surface area contributed by atoms with E-state index in [4.69, 9.17) is 10.5 Å². The smallest absolute Gasteiger partial charge is 0.226 e. The molecule has 1 heterocycles. The van der Waals surface area contributed by atoms with Crippen LogP contribution in [-0.4, -0.2) is 9.97 Å². The van der Waals surface area contributed by atoms with Gasteiger partial charge < -0.3 is 10.5 Å². The van der Waals surface area contributed by atoms with Gasteiger partial charge in [0.2, 0.25) is 5.88 Å². The molecule has 0 fully saturated rings. The van der Waals surface area contributed by atoms with Crippen molar-refractivity contribution in [3.63, 3.8) is 0 Å². The Balaban J connectivity index is 2.34. The first kappa shape index (κ1) is 12.3.